The number of hydrogen-bond donors (Lipinski definition) is 1. The Labute approximate surface area is 156 Å². The van der Waals surface area contributed by atoms with Crippen LogP contribution in [0.4, 0.5) is 4.79 Å². The van der Waals surface area contributed by atoms with Crippen LogP contribution in [0.1, 0.15) is 44.4 Å². The summed E-state index contributed by atoms with van der Waals surface area (Å²) in [4.78, 5) is 18.7. The zero-order valence-electron chi connectivity index (χ0n) is 14.4. The molecular weight excluding hydrogens is 384 g/mol. The number of carbonyl (C=O) groups excluding carboxylic acids is 1. The molecule has 1 aromatic heterocycles. The van der Waals surface area contributed by atoms with Gasteiger partial charge in [0.2, 0.25) is 11.7 Å². The van der Waals surface area contributed by atoms with Gasteiger partial charge in [0.1, 0.15) is 0 Å². The molecule has 1 saturated heterocycles. The van der Waals surface area contributed by atoms with Crippen molar-refractivity contribution in [3.05, 3.63) is 34.6 Å². The molecule has 134 valence electrons. The third kappa shape index (κ3) is 4.60. The van der Waals surface area contributed by atoms with Gasteiger partial charge in [-0.2, -0.15) is 4.98 Å². The maximum atomic E-state index is 12.3. The van der Waals surface area contributed by atoms with Crippen LogP contribution in [0, 0.1) is 0 Å². The van der Waals surface area contributed by atoms with E-state index < -0.39 is 0 Å². The molecule has 0 saturated carbocycles. The average Bonchev–Trinajstić information content (AvgIpc) is 3.13. The van der Waals surface area contributed by atoms with Crippen molar-refractivity contribution in [1.29, 1.82) is 0 Å². The Morgan fingerprint density at radius 3 is 2.96 bits per heavy atom. The molecule has 0 radical (unpaired) electrons. The Balaban J connectivity index is 1.63. The van der Waals surface area contributed by atoms with Crippen molar-refractivity contribution in [3.63, 3.8) is 0 Å². The Morgan fingerprint density at radius 2 is 2.20 bits per heavy atom. The van der Waals surface area contributed by atoms with Gasteiger partial charge in [0.05, 0.1) is 5.92 Å². The second kappa shape index (κ2) is 8.47. The summed E-state index contributed by atoms with van der Waals surface area (Å²) in [6.07, 6.45) is 3.98. The van der Waals surface area contributed by atoms with Gasteiger partial charge in [-0.1, -0.05) is 34.4 Å². The fraction of sp³-hybridized carbons (Fsp3) is 0.500. The molecule has 2 aromatic rings. The normalized spacial score (nSPS) is 17.5. The van der Waals surface area contributed by atoms with Crippen LogP contribution in [0.25, 0.3) is 11.4 Å². The topological polar surface area (TPSA) is 71.3 Å². The molecule has 3 rings (SSSR count). The van der Waals surface area contributed by atoms with Crippen LogP contribution in [0.15, 0.2) is 33.3 Å². The summed E-state index contributed by atoms with van der Waals surface area (Å²) >= 11 is 3.42. The SMILES string of the molecule is CCCCNC(=O)N1CCCC(c2nc(-c3ccc(Br)cc3)no2)C1. The molecule has 0 bridgehead atoms. The number of likely N-dealkylation sites (tertiary alicyclic amines) is 1. The second-order valence-corrected chi connectivity index (χ2v) is 7.25. The molecule has 6 nitrogen and oxygen atoms in total. The third-order valence-electron chi connectivity index (χ3n) is 4.41. The first-order valence-corrected chi connectivity index (χ1v) is 9.59. The Bertz CT molecular complexity index is 701. The van der Waals surface area contributed by atoms with Gasteiger partial charge in [-0.3, -0.25) is 0 Å². The fourth-order valence-electron chi connectivity index (χ4n) is 2.96. The molecule has 1 aliphatic rings. The van der Waals surface area contributed by atoms with Crippen molar-refractivity contribution in [1.82, 2.24) is 20.4 Å². The van der Waals surface area contributed by atoms with E-state index in [-0.39, 0.29) is 11.9 Å². The van der Waals surface area contributed by atoms with Gasteiger partial charge in [0.25, 0.3) is 0 Å². The number of hydrogen-bond acceptors (Lipinski definition) is 4. The molecule has 1 unspecified atom stereocenters. The molecule has 2 amide bonds. The highest BCUT2D eigenvalue weighted by atomic mass is 79.9. The maximum Gasteiger partial charge on any atom is 0.317 e. The van der Waals surface area contributed by atoms with Crippen LogP contribution in [0.2, 0.25) is 0 Å². The van der Waals surface area contributed by atoms with Crippen LogP contribution in [0.3, 0.4) is 0 Å². The molecule has 1 aliphatic heterocycles. The third-order valence-corrected chi connectivity index (χ3v) is 4.94. The smallest absolute Gasteiger partial charge is 0.317 e. The van der Waals surface area contributed by atoms with Crippen molar-refractivity contribution in [2.45, 2.75) is 38.5 Å². The van der Waals surface area contributed by atoms with E-state index in [9.17, 15) is 4.79 Å². The zero-order chi connectivity index (χ0) is 17.6. The summed E-state index contributed by atoms with van der Waals surface area (Å²) in [5, 5.41) is 7.08. The number of urea groups is 1. The van der Waals surface area contributed by atoms with Gasteiger partial charge in [0, 0.05) is 29.7 Å². The average molecular weight is 407 g/mol. The standard InChI is InChI=1S/C18H23BrN4O2/c1-2-3-10-20-18(24)23-11-4-5-14(12-23)17-21-16(22-25-17)13-6-8-15(19)9-7-13/h6-9,14H,2-5,10-12H2,1H3,(H,20,24). The van der Waals surface area contributed by atoms with Gasteiger partial charge in [-0.15, -0.1) is 0 Å². The van der Waals surface area contributed by atoms with E-state index in [0.717, 1.165) is 48.8 Å². The minimum absolute atomic E-state index is 0.00537. The second-order valence-electron chi connectivity index (χ2n) is 6.33. The Kier molecular flexibility index (Phi) is 6.07. The number of nitrogens with zero attached hydrogens (tertiary/aromatic N) is 3. The number of unbranched alkanes of at least 4 members (excludes halogenated alkanes) is 1. The molecular formula is C18H23BrN4O2. The lowest BCUT2D eigenvalue weighted by Gasteiger charge is -2.31. The van der Waals surface area contributed by atoms with Gasteiger partial charge in [-0.05, 0) is 43.5 Å². The molecule has 0 aliphatic carbocycles. The van der Waals surface area contributed by atoms with E-state index in [1.54, 1.807) is 0 Å². The summed E-state index contributed by atoms with van der Waals surface area (Å²) in [6, 6.07) is 7.81. The quantitative estimate of drug-likeness (QED) is 0.755. The lowest BCUT2D eigenvalue weighted by molar-refractivity contribution is 0.172. The van der Waals surface area contributed by atoms with E-state index in [1.165, 1.54) is 0 Å². The number of rotatable bonds is 5. The number of aromatic nitrogens is 2. The van der Waals surface area contributed by atoms with E-state index in [0.29, 0.717) is 18.3 Å². The van der Waals surface area contributed by atoms with Gasteiger partial charge >= 0.3 is 6.03 Å². The first kappa shape index (κ1) is 17.9. The summed E-state index contributed by atoms with van der Waals surface area (Å²) in [6.45, 7) is 4.24. The highest BCUT2D eigenvalue weighted by molar-refractivity contribution is 9.10. The number of amides is 2. The monoisotopic (exact) mass is 406 g/mol. The molecule has 25 heavy (non-hydrogen) atoms. The summed E-state index contributed by atoms with van der Waals surface area (Å²) in [7, 11) is 0. The molecule has 1 fully saturated rings. The number of halogens is 1. The van der Waals surface area contributed by atoms with Crippen molar-refractivity contribution in [2.75, 3.05) is 19.6 Å². The van der Waals surface area contributed by atoms with Gasteiger partial charge in [-0.25, -0.2) is 4.79 Å². The van der Waals surface area contributed by atoms with Crippen molar-refractivity contribution >= 4 is 22.0 Å². The predicted molar refractivity (Wildman–Crippen MR) is 99.3 cm³/mol. The Hall–Kier alpha value is -1.89. The predicted octanol–water partition coefficient (Wildman–Crippen LogP) is 4.19. The largest absolute Gasteiger partial charge is 0.339 e. The molecule has 1 atom stereocenters. The molecule has 1 aromatic carbocycles. The maximum absolute atomic E-state index is 12.3. The van der Waals surface area contributed by atoms with Crippen molar-refractivity contribution in [3.8, 4) is 11.4 Å². The van der Waals surface area contributed by atoms with E-state index in [4.69, 9.17) is 4.52 Å². The minimum atomic E-state index is 0.00537. The van der Waals surface area contributed by atoms with Crippen molar-refractivity contribution < 1.29 is 9.32 Å². The summed E-state index contributed by atoms with van der Waals surface area (Å²) in [5.41, 5.74) is 0.920. The first-order chi connectivity index (χ1) is 12.2. The minimum Gasteiger partial charge on any atom is -0.339 e. The summed E-state index contributed by atoms with van der Waals surface area (Å²) < 4.78 is 6.50. The van der Waals surface area contributed by atoms with E-state index >= 15 is 0 Å². The lowest BCUT2D eigenvalue weighted by atomic mass is 9.98. The van der Waals surface area contributed by atoms with Crippen molar-refractivity contribution in [2.24, 2.45) is 0 Å². The molecule has 1 N–H and O–H groups in total. The number of carbonyl (C=O) groups is 1. The van der Waals surface area contributed by atoms with Gasteiger partial charge < -0.3 is 14.7 Å². The lowest BCUT2D eigenvalue weighted by Crippen LogP contribution is -2.45. The molecule has 7 heteroatoms. The first-order valence-electron chi connectivity index (χ1n) is 8.79. The zero-order valence-corrected chi connectivity index (χ0v) is 16.0. The molecule has 2 heterocycles. The summed E-state index contributed by atoms with van der Waals surface area (Å²) in [5.74, 6) is 1.30. The highest BCUT2D eigenvalue weighted by Crippen LogP contribution is 2.28. The van der Waals surface area contributed by atoms with Crippen LogP contribution in [-0.2, 0) is 0 Å². The van der Waals surface area contributed by atoms with Crippen LogP contribution < -0.4 is 5.32 Å². The van der Waals surface area contributed by atoms with Crippen LogP contribution in [-0.4, -0.2) is 40.7 Å². The highest BCUT2D eigenvalue weighted by Gasteiger charge is 2.28. The van der Waals surface area contributed by atoms with E-state index in [1.807, 2.05) is 29.2 Å². The fourth-order valence-corrected chi connectivity index (χ4v) is 3.23. The Morgan fingerprint density at radius 1 is 1.40 bits per heavy atom. The molecule has 0 spiro atoms. The number of benzene rings is 1. The van der Waals surface area contributed by atoms with E-state index in [2.05, 4.69) is 38.3 Å². The number of nitrogens with one attached hydrogen (secondary N) is 1. The number of piperidine rings is 1. The van der Waals surface area contributed by atoms with Gasteiger partial charge in [0.15, 0.2) is 0 Å². The van der Waals surface area contributed by atoms with Crippen LogP contribution in [0.5, 0.6) is 0 Å². The van der Waals surface area contributed by atoms with Crippen LogP contribution >= 0.6 is 15.9 Å².